The molecule has 1 aromatic carbocycles. The lowest BCUT2D eigenvalue weighted by atomic mass is 9.86. The molecule has 1 amide bonds. The average Bonchev–Trinajstić information content (AvgIpc) is 3.06. The molecule has 122 valence electrons. The Labute approximate surface area is 136 Å². The molecule has 0 saturated heterocycles. The Bertz CT molecular complexity index is 672. The topological polar surface area (TPSA) is 67.2 Å². The van der Waals surface area contributed by atoms with E-state index in [4.69, 9.17) is 0 Å². The van der Waals surface area contributed by atoms with Crippen LogP contribution < -0.4 is 5.32 Å². The molecule has 1 heterocycles. The summed E-state index contributed by atoms with van der Waals surface area (Å²) in [5.41, 5.74) is 2.68. The van der Waals surface area contributed by atoms with Crippen molar-refractivity contribution in [2.75, 3.05) is 6.61 Å². The average molecular weight is 313 g/mol. The number of nitrogens with zero attached hydrogens (tertiary/aromatic N) is 2. The van der Waals surface area contributed by atoms with Crippen molar-refractivity contribution in [3.63, 3.8) is 0 Å². The van der Waals surface area contributed by atoms with Crippen LogP contribution in [0.3, 0.4) is 0 Å². The number of aliphatic hydroxyl groups is 1. The first kappa shape index (κ1) is 15.7. The number of benzene rings is 1. The van der Waals surface area contributed by atoms with Gasteiger partial charge in [-0.25, -0.2) is 4.68 Å². The van der Waals surface area contributed by atoms with Gasteiger partial charge in [-0.05, 0) is 50.2 Å². The Morgan fingerprint density at radius 2 is 2.04 bits per heavy atom. The summed E-state index contributed by atoms with van der Waals surface area (Å²) < 4.78 is 1.74. The number of aryl methyl sites for hydroxylation is 1. The molecule has 0 bridgehead atoms. The fourth-order valence-corrected chi connectivity index (χ4v) is 3.15. The Kier molecular flexibility index (Phi) is 4.76. The smallest absolute Gasteiger partial charge is 0.254 e. The second-order valence-electron chi connectivity index (χ2n) is 6.33. The van der Waals surface area contributed by atoms with Crippen molar-refractivity contribution in [3.05, 3.63) is 47.8 Å². The number of aliphatic hydroxyl groups excluding tert-OH is 1. The van der Waals surface area contributed by atoms with Gasteiger partial charge in [-0.1, -0.05) is 18.2 Å². The molecule has 23 heavy (non-hydrogen) atoms. The van der Waals surface area contributed by atoms with E-state index >= 15 is 0 Å². The highest BCUT2D eigenvalue weighted by Gasteiger charge is 2.22. The summed E-state index contributed by atoms with van der Waals surface area (Å²) in [6.07, 6.45) is 7.21. The molecule has 0 spiro atoms. The van der Waals surface area contributed by atoms with Gasteiger partial charge in [0.2, 0.25) is 0 Å². The molecule has 0 radical (unpaired) electrons. The van der Waals surface area contributed by atoms with Gasteiger partial charge in [-0.3, -0.25) is 4.79 Å². The second-order valence-corrected chi connectivity index (χ2v) is 6.33. The van der Waals surface area contributed by atoms with Gasteiger partial charge < -0.3 is 10.4 Å². The quantitative estimate of drug-likeness (QED) is 0.911. The number of carbonyl (C=O) groups is 1. The predicted octanol–water partition coefficient (Wildman–Crippen LogP) is 2.46. The van der Waals surface area contributed by atoms with Crippen LogP contribution in [0, 0.1) is 12.8 Å². The predicted molar refractivity (Wildman–Crippen MR) is 88.6 cm³/mol. The third-order valence-electron chi connectivity index (χ3n) is 4.65. The highest BCUT2D eigenvalue weighted by molar-refractivity contribution is 5.94. The fraction of sp³-hybridized carbons (Fsp3) is 0.444. The van der Waals surface area contributed by atoms with E-state index in [0.29, 0.717) is 11.5 Å². The minimum Gasteiger partial charge on any atom is -0.396 e. The van der Waals surface area contributed by atoms with E-state index in [1.165, 1.54) is 0 Å². The monoisotopic (exact) mass is 313 g/mol. The number of nitrogens with one attached hydrogen (secondary N) is 1. The number of aromatic nitrogens is 2. The number of amides is 1. The number of carbonyl (C=O) groups excluding carboxylic acids is 1. The highest BCUT2D eigenvalue weighted by Crippen LogP contribution is 2.24. The van der Waals surface area contributed by atoms with E-state index in [2.05, 4.69) is 10.4 Å². The summed E-state index contributed by atoms with van der Waals surface area (Å²) >= 11 is 0. The van der Waals surface area contributed by atoms with Gasteiger partial charge in [0.05, 0.1) is 17.4 Å². The Morgan fingerprint density at radius 1 is 1.30 bits per heavy atom. The van der Waals surface area contributed by atoms with Crippen molar-refractivity contribution in [2.45, 2.75) is 38.6 Å². The Morgan fingerprint density at radius 3 is 2.74 bits per heavy atom. The number of rotatable bonds is 4. The molecule has 3 rings (SSSR count). The molecule has 2 aromatic rings. The molecule has 2 N–H and O–H groups in total. The van der Waals surface area contributed by atoms with E-state index in [1.807, 2.05) is 31.2 Å². The SMILES string of the molecule is Cc1ccccc1-n1cc(C(=O)NC2CCC(CO)CC2)cn1. The molecule has 1 saturated carbocycles. The summed E-state index contributed by atoms with van der Waals surface area (Å²) in [4.78, 5) is 12.4. The molecular weight excluding hydrogens is 290 g/mol. The molecule has 5 heteroatoms. The van der Waals surface area contributed by atoms with E-state index in [1.54, 1.807) is 17.1 Å². The van der Waals surface area contributed by atoms with Gasteiger partial charge in [0.1, 0.15) is 0 Å². The van der Waals surface area contributed by atoms with Gasteiger partial charge in [-0.2, -0.15) is 5.10 Å². The van der Waals surface area contributed by atoms with Crippen LogP contribution >= 0.6 is 0 Å². The molecular formula is C18H23N3O2. The molecule has 0 unspecified atom stereocenters. The minimum absolute atomic E-state index is 0.0720. The number of para-hydroxylation sites is 1. The first-order chi connectivity index (χ1) is 11.2. The van der Waals surface area contributed by atoms with Crippen LogP contribution in [0.15, 0.2) is 36.7 Å². The first-order valence-corrected chi connectivity index (χ1v) is 8.19. The molecule has 1 aliphatic rings. The zero-order valence-corrected chi connectivity index (χ0v) is 13.4. The first-order valence-electron chi connectivity index (χ1n) is 8.19. The lowest BCUT2D eigenvalue weighted by molar-refractivity contribution is 0.0914. The normalized spacial score (nSPS) is 21.1. The lowest BCUT2D eigenvalue weighted by Crippen LogP contribution is -2.37. The van der Waals surface area contributed by atoms with Crippen LogP contribution in [0.2, 0.25) is 0 Å². The molecule has 5 nitrogen and oxygen atoms in total. The third-order valence-corrected chi connectivity index (χ3v) is 4.65. The van der Waals surface area contributed by atoms with E-state index < -0.39 is 0 Å². The molecule has 1 fully saturated rings. The standard InChI is InChI=1S/C18H23N3O2/c1-13-4-2-3-5-17(13)21-11-15(10-19-21)18(23)20-16-8-6-14(12-22)7-9-16/h2-5,10-11,14,16,22H,6-9,12H2,1H3,(H,20,23). The summed E-state index contributed by atoms with van der Waals surface area (Å²) in [5.74, 6) is 0.323. The van der Waals surface area contributed by atoms with Crippen molar-refractivity contribution in [1.29, 1.82) is 0 Å². The van der Waals surface area contributed by atoms with Gasteiger partial charge >= 0.3 is 0 Å². The van der Waals surface area contributed by atoms with Gasteiger partial charge in [-0.15, -0.1) is 0 Å². The molecule has 0 aliphatic heterocycles. The molecule has 1 aliphatic carbocycles. The number of hydrogen-bond acceptors (Lipinski definition) is 3. The largest absolute Gasteiger partial charge is 0.396 e. The Hall–Kier alpha value is -2.14. The second kappa shape index (κ2) is 6.96. The van der Waals surface area contributed by atoms with Gasteiger partial charge in [0.15, 0.2) is 0 Å². The van der Waals surface area contributed by atoms with Gasteiger partial charge in [0, 0.05) is 18.8 Å². The van der Waals surface area contributed by atoms with E-state index in [-0.39, 0.29) is 18.6 Å². The van der Waals surface area contributed by atoms with Crippen molar-refractivity contribution in [3.8, 4) is 5.69 Å². The maximum absolute atomic E-state index is 12.4. The molecule has 0 atom stereocenters. The van der Waals surface area contributed by atoms with Gasteiger partial charge in [0.25, 0.3) is 5.91 Å². The number of hydrogen-bond donors (Lipinski definition) is 2. The summed E-state index contributed by atoms with van der Waals surface area (Å²) in [6.45, 7) is 2.28. The van der Waals surface area contributed by atoms with Crippen LogP contribution in [-0.2, 0) is 0 Å². The highest BCUT2D eigenvalue weighted by atomic mass is 16.3. The minimum atomic E-state index is -0.0720. The zero-order valence-electron chi connectivity index (χ0n) is 13.4. The van der Waals surface area contributed by atoms with Crippen molar-refractivity contribution < 1.29 is 9.90 Å². The maximum atomic E-state index is 12.4. The summed E-state index contributed by atoms with van der Waals surface area (Å²) in [5, 5.41) is 16.6. The Balaban J connectivity index is 1.64. The maximum Gasteiger partial charge on any atom is 0.254 e. The summed E-state index contributed by atoms with van der Waals surface area (Å²) in [7, 11) is 0. The van der Waals surface area contributed by atoms with Crippen LogP contribution in [0.25, 0.3) is 5.69 Å². The van der Waals surface area contributed by atoms with Crippen molar-refractivity contribution >= 4 is 5.91 Å². The third kappa shape index (κ3) is 3.62. The van der Waals surface area contributed by atoms with Crippen molar-refractivity contribution in [2.24, 2.45) is 5.92 Å². The van der Waals surface area contributed by atoms with E-state index in [9.17, 15) is 9.90 Å². The molecule has 1 aromatic heterocycles. The zero-order chi connectivity index (χ0) is 16.2. The van der Waals surface area contributed by atoms with Crippen LogP contribution in [-0.4, -0.2) is 33.4 Å². The fourth-order valence-electron chi connectivity index (χ4n) is 3.15. The van der Waals surface area contributed by atoms with Crippen LogP contribution in [0.4, 0.5) is 0 Å². The van der Waals surface area contributed by atoms with Crippen LogP contribution in [0.1, 0.15) is 41.6 Å². The van der Waals surface area contributed by atoms with Crippen molar-refractivity contribution in [1.82, 2.24) is 15.1 Å². The van der Waals surface area contributed by atoms with Crippen LogP contribution in [0.5, 0.6) is 0 Å². The lowest BCUT2D eigenvalue weighted by Gasteiger charge is -2.27. The van der Waals surface area contributed by atoms with E-state index in [0.717, 1.165) is 36.9 Å². The summed E-state index contributed by atoms with van der Waals surface area (Å²) in [6, 6.07) is 8.16.